The van der Waals surface area contributed by atoms with Crippen molar-refractivity contribution in [1.29, 1.82) is 0 Å². The molecule has 1 aromatic carbocycles. The van der Waals surface area contributed by atoms with Crippen molar-refractivity contribution in [2.75, 3.05) is 27.2 Å². The van der Waals surface area contributed by atoms with E-state index in [1.165, 1.54) is 0 Å². The van der Waals surface area contributed by atoms with E-state index in [4.69, 9.17) is 0 Å². The third kappa shape index (κ3) is 6.42. The van der Waals surface area contributed by atoms with Gasteiger partial charge in [0, 0.05) is 38.8 Å². The number of rotatable bonds is 8. The summed E-state index contributed by atoms with van der Waals surface area (Å²) < 4.78 is 1.64. The van der Waals surface area contributed by atoms with Gasteiger partial charge >= 0.3 is 6.03 Å². The second-order valence-corrected chi connectivity index (χ2v) is 6.26. The first-order valence-electron chi connectivity index (χ1n) is 8.25. The second-order valence-electron chi connectivity index (χ2n) is 6.26. The number of amides is 2. The molecule has 0 saturated carbocycles. The molecule has 1 aromatic heterocycles. The molecule has 8 heteroatoms. The third-order valence-electron chi connectivity index (χ3n) is 3.95. The average Bonchev–Trinajstić information content (AvgIpc) is 2.98. The van der Waals surface area contributed by atoms with Crippen molar-refractivity contribution in [3.05, 3.63) is 41.7 Å². The van der Waals surface area contributed by atoms with Gasteiger partial charge in [0.1, 0.15) is 5.75 Å². The minimum absolute atomic E-state index is 0.162. The van der Waals surface area contributed by atoms with Crippen LogP contribution in [0.15, 0.2) is 30.5 Å². The molecule has 1 atom stereocenters. The Morgan fingerprint density at radius 2 is 2.00 bits per heavy atom. The highest BCUT2D eigenvalue weighted by atomic mass is 16.3. The zero-order chi connectivity index (χ0) is 18.2. The number of hydrogen-bond acceptors (Lipinski definition) is 5. The van der Waals surface area contributed by atoms with Gasteiger partial charge in [0.25, 0.3) is 0 Å². The molecule has 0 spiro atoms. The predicted octanol–water partition coefficient (Wildman–Crippen LogP) is 0.535. The van der Waals surface area contributed by atoms with Crippen LogP contribution in [0.3, 0.4) is 0 Å². The van der Waals surface area contributed by atoms with Gasteiger partial charge in [-0.2, -0.15) is 0 Å². The molecule has 2 rings (SSSR count). The molecule has 2 aromatic rings. The average molecular weight is 346 g/mol. The Kier molecular flexibility index (Phi) is 6.76. The molecular weight excluding hydrogens is 320 g/mol. The van der Waals surface area contributed by atoms with Gasteiger partial charge in [0.15, 0.2) is 0 Å². The quantitative estimate of drug-likeness (QED) is 0.648. The molecule has 0 unspecified atom stereocenters. The monoisotopic (exact) mass is 346 g/mol. The van der Waals surface area contributed by atoms with Crippen LogP contribution in [0.1, 0.15) is 11.3 Å². The Labute approximate surface area is 147 Å². The largest absolute Gasteiger partial charge is 0.508 e. The first-order valence-corrected chi connectivity index (χ1v) is 8.25. The van der Waals surface area contributed by atoms with Crippen LogP contribution in [0, 0.1) is 0 Å². The predicted molar refractivity (Wildman–Crippen MR) is 95.4 cm³/mol. The fourth-order valence-electron chi connectivity index (χ4n) is 2.43. The van der Waals surface area contributed by atoms with Gasteiger partial charge in [0.05, 0.1) is 5.69 Å². The number of likely N-dealkylation sites (N-methyl/N-ethyl adjacent to an activating group) is 1. The van der Waals surface area contributed by atoms with Crippen LogP contribution < -0.4 is 10.6 Å². The summed E-state index contributed by atoms with van der Waals surface area (Å²) in [5.74, 6) is 0.255. The molecule has 0 bridgehead atoms. The highest BCUT2D eigenvalue weighted by molar-refractivity contribution is 5.73. The van der Waals surface area contributed by atoms with Crippen molar-refractivity contribution in [3.8, 4) is 5.75 Å². The van der Waals surface area contributed by atoms with Gasteiger partial charge in [-0.15, -0.1) is 5.10 Å². The zero-order valence-electron chi connectivity index (χ0n) is 14.9. The van der Waals surface area contributed by atoms with Crippen LogP contribution in [-0.4, -0.2) is 64.3 Å². The lowest BCUT2D eigenvalue weighted by Crippen LogP contribution is -2.45. The van der Waals surface area contributed by atoms with Gasteiger partial charge in [-0.05, 0) is 38.2 Å². The minimum atomic E-state index is -0.193. The molecular formula is C17H26N6O2. The molecule has 25 heavy (non-hydrogen) atoms. The van der Waals surface area contributed by atoms with E-state index in [-0.39, 0.29) is 17.8 Å². The van der Waals surface area contributed by atoms with E-state index in [1.807, 2.05) is 39.5 Å². The Hall–Kier alpha value is -2.61. The highest BCUT2D eigenvalue weighted by Gasteiger charge is 2.13. The SMILES string of the molecule is CN(C)[C@H](CNC(=O)NCCc1cn(C)nn1)Cc1ccc(O)cc1. The lowest BCUT2D eigenvalue weighted by atomic mass is 10.1. The minimum Gasteiger partial charge on any atom is -0.508 e. The maximum Gasteiger partial charge on any atom is 0.314 e. The van der Waals surface area contributed by atoms with Crippen LogP contribution in [-0.2, 0) is 19.9 Å². The summed E-state index contributed by atoms with van der Waals surface area (Å²) in [6.07, 6.45) is 3.26. The number of aryl methyl sites for hydroxylation is 1. The van der Waals surface area contributed by atoms with Gasteiger partial charge in [-0.25, -0.2) is 4.79 Å². The van der Waals surface area contributed by atoms with E-state index in [0.717, 1.165) is 17.7 Å². The zero-order valence-corrected chi connectivity index (χ0v) is 14.9. The number of aromatic nitrogens is 3. The first-order chi connectivity index (χ1) is 11.9. The lowest BCUT2D eigenvalue weighted by molar-refractivity contribution is 0.232. The van der Waals surface area contributed by atoms with Gasteiger partial charge in [-0.1, -0.05) is 17.3 Å². The summed E-state index contributed by atoms with van der Waals surface area (Å²) in [5, 5.41) is 22.9. The number of nitrogens with one attached hydrogen (secondary N) is 2. The van der Waals surface area contributed by atoms with Gasteiger partial charge < -0.3 is 20.6 Å². The van der Waals surface area contributed by atoms with Crippen LogP contribution in [0.4, 0.5) is 4.79 Å². The molecule has 0 fully saturated rings. The molecule has 0 aliphatic heterocycles. The van der Waals surface area contributed by atoms with Crippen molar-refractivity contribution in [2.24, 2.45) is 7.05 Å². The first kappa shape index (κ1) is 18.7. The summed E-state index contributed by atoms with van der Waals surface area (Å²) in [4.78, 5) is 14.0. The molecule has 0 aliphatic carbocycles. The van der Waals surface area contributed by atoms with Gasteiger partial charge in [0.2, 0.25) is 0 Å². The summed E-state index contributed by atoms with van der Waals surface area (Å²) in [7, 11) is 5.78. The van der Waals surface area contributed by atoms with E-state index in [9.17, 15) is 9.90 Å². The van der Waals surface area contributed by atoms with Crippen molar-refractivity contribution >= 4 is 6.03 Å². The summed E-state index contributed by atoms with van der Waals surface area (Å²) >= 11 is 0. The Balaban J connectivity index is 1.73. The number of nitrogens with zero attached hydrogens (tertiary/aromatic N) is 4. The van der Waals surface area contributed by atoms with Crippen LogP contribution in [0.5, 0.6) is 5.75 Å². The molecule has 0 saturated heterocycles. The standard InChI is InChI=1S/C17H26N6O2/c1-22(2)15(10-13-4-6-16(24)7-5-13)11-19-17(25)18-9-8-14-12-23(3)21-20-14/h4-7,12,15,24H,8-11H2,1-3H3,(H2,18,19,25)/t15-/m0/s1. The number of benzene rings is 1. The fourth-order valence-corrected chi connectivity index (χ4v) is 2.43. The summed E-state index contributed by atoms with van der Waals surface area (Å²) in [6.45, 7) is 1.04. The number of phenols is 1. The maximum absolute atomic E-state index is 11.9. The van der Waals surface area contributed by atoms with Crippen molar-refractivity contribution in [2.45, 2.75) is 18.9 Å². The lowest BCUT2D eigenvalue weighted by Gasteiger charge is -2.25. The molecule has 8 nitrogen and oxygen atoms in total. The molecule has 0 radical (unpaired) electrons. The highest BCUT2D eigenvalue weighted by Crippen LogP contribution is 2.12. The number of hydrogen-bond donors (Lipinski definition) is 3. The fraction of sp³-hybridized carbons (Fsp3) is 0.471. The number of carbonyl (C=O) groups is 1. The van der Waals surface area contributed by atoms with E-state index >= 15 is 0 Å². The van der Waals surface area contributed by atoms with Crippen LogP contribution >= 0.6 is 0 Å². The molecule has 136 valence electrons. The van der Waals surface area contributed by atoms with E-state index in [1.54, 1.807) is 16.8 Å². The molecule has 2 amide bonds. The topological polar surface area (TPSA) is 95.3 Å². The van der Waals surface area contributed by atoms with Crippen molar-refractivity contribution in [3.63, 3.8) is 0 Å². The number of urea groups is 1. The van der Waals surface area contributed by atoms with E-state index in [0.29, 0.717) is 19.5 Å². The number of aromatic hydroxyl groups is 1. The van der Waals surface area contributed by atoms with Gasteiger partial charge in [-0.3, -0.25) is 4.68 Å². The van der Waals surface area contributed by atoms with E-state index in [2.05, 4.69) is 25.8 Å². The summed E-state index contributed by atoms with van der Waals surface area (Å²) in [6, 6.07) is 7.11. The Morgan fingerprint density at radius 3 is 2.60 bits per heavy atom. The molecule has 1 heterocycles. The Morgan fingerprint density at radius 1 is 1.28 bits per heavy atom. The molecule has 3 N–H and O–H groups in total. The smallest absolute Gasteiger partial charge is 0.314 e. The normalized spacial score (nSPS) is 12.2. The van der Waals surface area contributed by atoms with Crippen LogP contribution in [0.25, 0.3) is 0 Å². The second kappa shape index (κ2) is 9.03. The number of phenolic OH excluding ortho intramolecular Hbond substituents is 1. The van der Waals surface area contributed by atoms with Crippen LogP contribution in [0.2, 0.25) is 0 Å². The number of carbonyl (C=O) groups excluding carboxylic acids is 1. The maximum atomic E-state index is 11.9. The third-order valence-corrected chi connectivity index (χ3v) is 3.95. The Bertz CT molecular complexity index is 668. The molecule has 0 aliphatic rings. The van der Waals surface area contributed by atoms with E-state index < -0.39 is 0 Å². The van der Waals surface area contributed by atoms with Crippen molar-refractivity contribution < 1.29 is 9.90 Å². The van der Waals surface area contributed by atoms with Crippen molar-refractivity contribution in [1.82, 2.24) is 30.5 Å². The summed E-state index contributed by atoms with van der Waals surface area (Å²) in [5.41, 5.74) is 1.96.